The molecule has 0 spiro atoms. The smallest absolute Gasteiger partial charge is 0.257 e. The molecule has 0 amide bonds. The number of rotatable bonds is 3. The maximum absolute atomic E-state index is 5.57. The molecule has 1 saturated heterocycles. The fourth-order valence-electron chi connectivity index (χ4n) is 1.97. The standard InChI is InChI=1S/C13H15N3O3.ClH/c1-17-10-4-2-3-9(7-10)12-15-13(19-16-12)11-8-14-5-6-18-11;/h2-4,7,11,14H,5-6,8H2,1H3;1H/t11-;/m1./s1. The molecule has 1 N–H and O–H groups in total. The molecule has 2 heterocycles. The van der Waals surface area contributed by atoms with E-state index in [1.807, 2.05) is 24.3 Å². The number of benzene rings is 1. The molecule has 1 aromatic carbocycles. The van der Waals surface area contributed by atoms with Gasteiger partial charge in [0.1, 0.15) is 11.9 Å². The molecular weight excluding hydrogens is 282 g/mol. The Bertz CT molecular complexity index is 555. The van der Waals surface area contributed by atoms with Gasteiger partial charge in [-0.1, -0.05) is 17.3 Å². The summed E-state index contributed by atoms with van der Waals surface area (Å²) in [5.74, 6) is 1.81. The monoisotopic (exact) mass is 297 g/mol. The van der Waals surface area contributed by atoms with Crippen LogP contribution in [0, 0.1) is 0 Å². The Labute approximate surface area is 122 Å². The normalized spacial score (nSPS) is 18.4. The first-order valence-electron chi connectivity index (χ1n) is 6.17. The van der Waals surface area contributed by atoms with E-state index in [-0.39, 0.29) is 18.5 Å². The van der Waals surface area contributed by atoms with Crippen LogP contribution in [0.15, 0.2) is 28.8 Å². The summed E-state index contributed by atoms with van der Waals surface area (Å²) in [7, 11) is 1.63. The van der Waals surface area contributed by atoms with Crippen molar-refractivity contribution in [1.82, 2.24) is 15.5 Å². The van der Waals surface area contributed by atoms with Gasteiger partial charge in [0.15, 0.2) is 0 Å². The lowest BCUT2D eigenvalue weighted by Gasteiger charge is -2.19. The maximum Gasteiger partial charge on any atom is 0.257 e. The van der Waals surface area contributed by atoms with Gasteiger partial charge < -0.3 is 19.3 Å². The van der Waals surface area contributed by atoms with Crippen LogP contribution in [-0.4, -0.2) is 36.9 Å². The van der Waals surface area contributed by atoms with Crippen molar-refractivity contribution in [2.75, 3.05) is 26.8 Å². The minimum Gasteiger partial charge on any atom is -0.497 e. The van der Waals surface area contributed by atoms with E-state index >= 15 is 0 Å². The first kappa shape index (κ1) is 14.8. The summed E-state index contributed by atoms with van der Waals surface area (Å²) in [5, 5.41) is 7.22. The lowest BCUT2D eigenvalue weighted by atomic mass is 10.2. The largest absolute Gasteiger partial charge is 0.497 e. The Morgan fingerprint density at radius 1 is 1.40 bits per heavy atom. The first-order valence-corrected chi connectivity index (χ1v) is 6.17. The predicted molar refractivity (Wildman–Crippen MR) is 75.1 cm³/mol. The van der Waals surface area contributed by atoms with Gasteiger partial charge in [-0.05, 0) is 12.1 Å². The summed E-state index contributed by atoms with van der Waals surface area (Å²) < 4.78 is 16.0. The molecule has 3 rings (SSSR count). The molecule has 1 atom stereocenters. The average molecular weight is 298 g/mol. The quantitative estimate of drug-likeness (QED) is 0.932. The number of aromatic nitrogens is 2. The van der Waals surface area contributed by atoms with Crippen molar-refractivity contribution in [3.8, 4) is 17.1 Å². The van der Waals surface area contributed by atoms with Crippen LogP contribution >= 0.6 is 12.4 Å². The minimum absolute atomic E-state index is 0. The fourth-order valence-corrected chi connectivity index (χ4v) is 1.97. The average Bonchev–Trinajstić information content (AvgIpc) is 2.98. The molecule has 1 aromatic heterocycles. The van der Waals surface area contributed by atoms with Gasteiger partial charge in [0.2, 0.25) is 5.82 Å². The van der Waals surface area contributed by atoms with Gasteiger partial charge in [0.25, 0.3) is 5.89 Å². The van der Waals surface area contributed by atoms with Crippen LogP contribution in [0.3, 0.4) is 0 Å². The van der Waals surface area contributed by atoms with Crippen LogP contribution in [0.4, 0.5) is 0 Å². The third kappa shape index (κ3) is 3.09. The van der Waals surface area contributed by atoms with Crippen LogP contribution in [0.25, 0.3) is 11.4 Å². The Morgan fingerprint density at radius 2 is 2.30 bits per heavy atom. The highest BCUT2D eigenvalue weighted by molar-refractivity contribution is 5.85. The lowest BCUT2D eigenvalue weighted by molar-refractivity contribution is 0.00755. The Kier molecular flexibility index (Phi) is 4.94. The van der Waals surface area contributed by atoms with E-state index in [0.29, 0.717) is 24.9 Å². The SMILES string of the molecule is COc1cccc(-c2noc([C@H]3CNCCO3)n2)c1.Cl. The fraction of sp³-hybridized carbons (Fsp3) is 0.385. The van der Waals surface area contributed by atoms with E-state index in [0.717, 1.165) is 17.9 Å². The van der Waals surface area contributed by atoms with E-state index in [4.69, 9.17) is 14.0 Å². The molecule has 0 saturated carbocycles. The zero-order valence-corrected chi connectivity index (χ0v) is 11.9. The van der Waals surface area contributed by atoms with Crippen molar-refractivity contribution in [3.05, 3.63) is 30.2 Å². The topological polar surface area (TPSA) is 69.4 Å². The summed E-state index contributed by atoms with van der Waals surface area (Å²) in [5.41, 5.74) is 0.859. The first-order chi connectivity index (χ1) is 9.36. The third-order valence-corrected chi connectivity index (χ3v) is 2.97. The predicted octanol–water partition coefficient (Wildman–Crippen LogP) is 1.83. The van der Waals surface area contributed by atoms with Gasteiger partial charge in [0, 0.05) is 18.7 Å². The number of hydrogen-bond donors (Lipinski definition) is 1. The van der Waals surface area contributed by atoms with Crippen molar-refractivity contribution >= 4 is 12.4 Å². The van der Waals surface area contributed by atoms with Crippen molar-refractivity contribution in [2.24, 2.45) is 0 Å². The summed E-state index contributed by atoms with van der Waals surface area (Å²) in [4.78, 5) is 4.38. The van der Waals surface area contributed by atoms with Gasteiger partial charge in [-0.15, -0.1) is 12.4 Å². The zero-order valence-electron chi connectivity index (χ0n) is 11.0. The van der Waals surface area contributed by atoms with Crippen molar-refractivity contribution in [3.63, 3.8) is 0 Å². The van der Waals surface area contributed by atoms with Crippen LogP contribution < -0.4 is 10.1 Å². The zero-order chi connectivity index (χ0) is 13.1. The molecule has 6 nitrogen and oxygen atoms in total. The maximum atomic E-state index is 5.57. The Hall–Kier alpha value is -1.63. The molecule has 0 unspecified atom stereocenters. The van der Waals surface area contributed by atoms with Crippen molar-refractivity contribution in [1.29, 1.82) is 0 Å². The molecule has 0 radical (unpaired) electrons. The van der Waals surface area contributed by atoms with Crippen LogP contribution in [0.1, 0.15) is 12.0 Å². The highest BCUT2D eigenvalue weighted by atomic mass is 35.5. The van der Waals surface area contributed by atoms with E-state index in [1.165, 1.54) is 0 Å². The van der Waals surface area contributed by atoms with E-state index in [1.54, 1.807) is 7.11 Å². The molecule has 20 heavy (non-hydrogen) atoms. The van der Waals surface area contributed by atoms with Gasteiger partial charge in [0.05, 0.1) is 13.7 Å². The van der Waals surface area contributed by atoms with E-state index < -0.39 is 0 Å². The molecule has 108 valence electrons. The summed E-state index contributed by atoms with van der Waals surface area (Å²) in [6.45, 7) is 2.20. The molecule has 1 aliphatic rings. The van der Waals surface area contributed by atoms with E-state index in [9.17, 15) is 0 Å². The second-order valence-corrected chi connectivity index (χ2v) is 4.25. The lowest BCUT2D eigenvalue weighted by Crippen LogP contribution is -2.33. The Morgan fingerprint density at radius 3 is 3.05 bits per heavy atom. The van der Waals surface area contributed by atoms with Crippen molar-refractivity contribution < 1.29 is 14.0 Å². The van der Waals surface area contributed by atoms with Crippen LogP contribution in [0.5, 0.6) is 5.75 Å². The highest BCUT2D eigenvalue weighted by Crippen LogP contribution is 2.24. The van der Waals surface area contributed by atoms with Gasteiger partial charge in [-0.25, -0.2) is 0 Å². The molecular formula is C13H16ClN3O3. The number of ether oxygens (including phenoxy) is 2. The highest BCUT2D eigenvalue weighted by Gasteiger charge is 2.22. The minimum atomic E-state index is -0.166. The van der Waals surface area contributed by atoms with Crippen LogP contribution in [0.2, 0.25) is 0 Å². The molecule has 1 fully saturated rings. The number of methoxy groups -OCH3 is 1. The Balaban J connectivity index is 0.00000147. The third-order valence-electron chi connectivity index (χ3n) is 2.97. The second-order valence-electron chi connectivity index (χ2n) is 4.25. The number of morpholine rings is 1. The van der Waals surface area contributed by atoms with E-state index in [2.05, 4.69) is 15.5 Å². The number of hydrogen-bond acceptors (Lipinski definition) is 6. The number of nitrogens with one attached hydrogen (secondary N) is 1. The molecule has 7 heteroatoms. The van der Waals surface area contributed by atoms with Crippen LogP contribution in [-0.2, 0) is 4.74 Å². The summed E-state index contributed by atoms with van der Waals surface area (Å²) in [6.07, 6.45) is -0.166. The summed E-state index contributed by atoms with van der Waals surface area (Å²) in [6, 6.07) is 7.55. The number of nitrogens with zero attached hydrogens (tertiary/aromatic N) is 2. The molecule has 2 aromatic rings. The molecule has 0 aliphatic carbocycles. The molecule has 0 bridgehead atoms. The van der Waals surface area contributed by atoms with Gasteiger partial charge >= 0.3 is 0 Å². The van der Waals surface area contributed by atoms with Gasteiger partial charge in [-0.3, -0.25) is 0 Å². The second kappa shape index (κ2) is 6.69. The number of halogens is 1. The summed E-state index contributed by atoms with van der Waals surface area (Å²) >= 11 is 0. The molecule has 1 aliphatic heterocycles. The van der Waals surface area contributed by atoms with Gasteiger partial charge in [-0.2, -0.15) is 4.98 Å². The van der Waals surface area contributed by atoms with Crippen molar-refractivity contribution in [2.45, 2.75) is 6.10 Å².